The van der Waals surface area contributed by atoms with Gasteiger partial charge in [0.1, 0.15) is 5.82 Å². The van der Waals surface area contributed by atoms with Gasteiger partial charge in [0.25, 0.3) is 0 Å². The molecule has 1 aliphatic carbocycles. The number of para-hydroxylation sites is 4. The highest BCUT2D eigenvalue weighted by atomic mass is 19.1. The zero-order chi connectivity index (χ0) is 20.5. The third-order valence-electron chi connectivity index (χ3n) is 5.97. The SMILES string of the molecule is Fc1ccc2c3c(ccc(N4c5ccccc5Oc5ccccc54)c13)-c1nccnc1-2. The van der Waals surface area contributed by atoms with Crippen molar-refractivity contribution >= 4 is 27.8 Å². The summed E-state index contributed by atoms with van der Waals surface area (Å²) in [6, 6.07) is 22.9. The van der Waals surface area contributed by atoms with Crippen LogP contribution in [0.3, 0.4) is 0 Å². The van der Waals surface area contributed by atoms with Crippen LogP contribution < -0.4 is 9.64 Å². The maximum Gasteiger partial charge on any atom is 0.151 e. The van der Waals surface area contributed by atoms with E-state index in [4.69, 9.17) is 4.74 Å². The zero-order valence-electron chi connectivity index (χ0n) is 16.2. The Morgan fingerprint density at radius 1 is 0.613 bits per heavy atom. The van der Waals surface area contributed by atoms with Gasteiger partial charge in [-0.15, -0.1) is 0 Å². The molecule has 0 radical (unpaired) electrons. The molecule has 0 N–H and O–H groups in total. The Bertz CT molecular complexity index is 1470. The van der Waals surface area contributed by atoms with Crippen LogP contribution in [0.4, 0.5) is 21.5 Å². The van der Waals surface area contributed by atoms with Crippen molar-refractivity contribution < 1.29 is 9.13 Å². The summed E-state index contributed by atoms with van der Waals surface area (Å²) in [7, 11) is 0. The average Bonchev–Trinajstić information content (AvgIpc) is 3.14. The zero-order valence-corrected chi connectivity index (χ0v) is 16.2. The quantitative estimate of drug-likeness (QED) is 0.296. The van der Waals surface area contributed by atoms with Gasteiger partial charge in [-0.1, -0.05) is 24.3 Å². The van der Waals surface area contributed by atoms with Crippen molar-refractivity contribution in [3.8, 4) is 34.0 Å². The average molecular weight is 403 g/mol. The number of hydrogen-bond donors (Lipinski definition) is 0. The molecule has 0 amide bonds. The van der Waals surface area contributed by atoms with Gasteiger partial charge in [-0.05, 0) is 48.5 Å². The van der Waals surface area contributed by atoms with E-state index in [1.165, 1.54) is 6.07 Å². The van der Waals surface area contributed by atoms with Gasteiger partial charge in [-0.25, -0.2) is 4.39 Å². The molecule has 2 heterocycles. The van der Waals surface area contributed by atoms with Crippen LogP contribution in [-0.4, -0.2) is 9.97 Å². The molecule has 7 rings (SSSR count). The van der Waals surface area contributed by atoms with Crippen LogP contribution in [0.15, 0.2) is 85.2 Å². The number of anilines is 3. The first kappa shape index (κ1) is 16.5. The van der Waals surface area contributed by atoms with Gasteiger partial charge in [0, 0.05) is 34.3 Å². The molecular formula is C26H14FN3O. The molecule has 0 saturated heterocycles. The number of hydrogen-bond acceptors (Lipinski definition) is 4. The van der Waals surface area contributed by atoms with Crippen molar-refractivity contribution in [2.24, 2.45) is 0 Å². The smallest absolute Gasteiger partial charge is 0.151 e. The first-order valence-corrected chi connectivity index (χ1v) is 10.0. The Kier molecular flexibility index (Phi) is 3.14. The van der Waals surface area contributed by atoms with Gasteiger partial charge in [0.05, 0.1) is 28.5 Å². The molecule has 2 aliphatic rings. The van der Waals surface area contributed by atoms with Crippen LogP contribution in [0.5, 0.6) is 11.5 Å². The standard InChI is InChI=1S/C26H14FN3O/c27-17-11-9-15-23-16(26-25(15)28-13-14-29-26)10-12-20(24(17)23)30-18-5-1-3-7-21(18)31-22-8-4-2-6-19(22)30/h1-14H. The van der Waals surface area contributed by atoms with Gasteiger partial charge >= 0.3 is 0 Å². The fourth-order valence-corrected chi connectivity index (χ4v) is 4.71. The Hall–Kier alpha value is -4.25. The topological polar surface area (TPSA) is 38.2 Å². The minimum Gasteiger partial charge on any atom is -0.453 e. The van der Waals surface area contributed by atoms with Crippen molar-refractivity contribution in [2.75, 3.05) is 4.90 Å². The summed E-state index contributed by atoms with van der Waals surface area (Å²) in [5, 5.41) is 1.40. The van der Waals surface area contributed by atoms with Crippen LogP contribution in [0.1, 0.15) is 0 Å². The first-order valence-electron chi connectivity index (χ1n) is 10.0. The number of benzene rings is 4. The number of rotatable bonds is 1. The fraction of sp³-hybridized carbons (Fsp3) is 0. The van der Waals surface area contributed by atoms with Gasteiger partial charge in [0.2, 0.25) is 0 Å². The third-order valence-corrected chi connectivity index (χ3v) is 5.97. The van der Waals surface area contributed by atoms with Crippen molar-refractivity contribution in [2.45, 2.75) is 0 Å². The highest BCUT2D eigenvalue weighted by molar-refractivity contribution is 6.18. The van der Waals surface area contributed by atoms with Gasteiger partial charge in [-0.3, -0.25) is 9.97 Å². The van der Waals surface area contributed by atoms with Gasteiger partial charge < -0.3 is 9.64 Å². The normalized spacial score (nSPS) is 12.9. The lowest BCUT2D eigenvalue weighted by Crippen LogP contribution is -2.16. The van der Waals surface area contributed by atoms with Crippen LogP contribution >= 0.6 is 0 Å². The monoisotopic (exact) mass is 403 g/mol. The summed E-state index contributed by atoms with van der Waals surface area (Å²) in [5.41, 5.74) is 5.90. The lowest BCUT2D eigenvalue weighted by Gasteiger charge is -2.33. The molecular weight excluding hydrogens is 389 g/mol. The number of halogens is 1. The van der Waals surface area contributed by atoms with Crippen molar-refractivity contribution in [3.05, 3.63) is 91.0 Å². The van der Waals surface area contributed by atoms with Crippen LogP contribution in [0.25, 0.3) is 33.3 Å². The molecule has 0 atom stereocenters. The van der Waals surface area contributed by atoms with E-state index in [1.807, 2.05) is 60.7 Å². The molecule has 4 aromatic carbocycles. The highest BCUT2D eigenvalue weighted by Crippen LogP contribution is 2.54. The Morgan fingerprint density at radius 2 is 1.19 bits per heavy atom. The van der Waals surface area contributed by atoms with Gasteiger partial charge in [0.15, 0.2) is 11.5 Å². The number of ether oxygens (including phenoxy) is 1. The van der Waals surface area contributed by atoms with Crippen LogP contribution in [0.2, 0.25) is 0 Å². The predicted octanol–water partition coefficient (Wildman–Crippen LogP) is 6.99. The van der Waals surface area contributed by atoms with E-state index < -0.39 is 0 Å². The Labute approximate surface area is 177 Å². The summed E-state index contributed by atoms with van der Waals surface area (Å²) in [6.45, 7) is 0. The summed E-state index contributed by atoms with van der Waals surface area (Å²) < 4.78 is 21.6. The highest BCUT2D eigenvalue weighted by Gasteiger charge is 2.31. The predicted molar refractivity (Wildman–Crippen MR) is 119 cm³/mol. The molecule has 5 aromatic rings. The summed E-state index contributed by atoms with van der Waals surface area (Å²) >= 11 is 0. The lowest BCUT2D eigenvalue weighted by atomic mass is 10.00. The second kappa shape index (κ2) is 5.89. The second-order valence-electron chi connectivity index (χ2n) is 7.60. The second-order valence-corrected chi connectivity index (χ2v) is 7.60. The molecule has 1 aromatic heterocycles. The molecule has 1 aliphatic heterocycles. The maximum absolute atomic E-state index is 15.5. The van der Waals surface area contributed by atoms with E-state index in [9.17, 15) is 0 Å². The summed E-state index contributed by atoms with van der Waals surface area (Å²) in [6.07, 6.45) is 3.35. The molecule has 0 fully saturated rings. The molecule has 31 heavy (non-hydrogen) atoms. The van der Waals surface area contributed by atoms with E-state index in [2.05, 4.69) is 14.9 Å². The molecule has 0 unspecified atom stereocenters. The summed E-state index contributed by atoms with van der Waals surface area (Å²) in [5.74, 6) is 1.19. The lowest BCUT2D eigenvalue weighted by molar-refractivity contribution is 0.477. The van der Waals surface area contributed by atoms with E-state index in [0.717, 1.165) is 56.5 Å². The Morgan fingerprint density at radius 3 is 1.84 bits per heavy atom. The number of fused-ring (bicyclic) bond motifs is 5. The van der Waals surface area contributed by atoms with Crippen LogP contribution in [0, 0.1) is 5.82 Å². The minimum atomic E-state index is -0.273. The minimum absolute atomic E-state index is 0.273. The molecule has 4 nitrogen and oxygen atoms in total. The van der Waals surface area contributed by atoms with Crippen molar-refractivity contribution in [1.82, 2.24) is 9.97 Å². The van der Waals surface area contributed by atoms with E-state index in [1.54, 1.807) is 18.5 Å². The summed E-state index contributed by atoms with van der Waals surface area (Å²) in [4.78, 5) is 11.1. The maximum atomic E-state index is 15.5. The van der Waals surface area contributed by atoms with Crippen molar-refractivity contribution in [3.63, 3.8) is 0 Å². The van der Waals surface area contributed by atoms with E-state index in [0.29, 0.717) is 5.39 Å². The first-order chi connectivity index (χ1) is 15.3. The van der Waals surface area contributed by atoms with Crippen molar-refractivity contribution in [1.29, 1.82) is 0 Å². The van der Waals surface area contributed by atoms with Gasteiger partial charge in [-0.2, -0.15) is 0 Å². The number of aromatic nitrogens is 2. The molecule has 0 spiro atoms. The fourth-order valence-electron chi connectivity index (χ4n) is 4.71. The van der Waals surface area contributed by atoms with Crippen LogP contribution in [-0.2, 0) is 0 Å². The van der Waals surface area contributed by atoms with E-state index in [-0.39, 0.29) is 5.82 Å². The molecule has 5 heteroatoms. The van der Waals surface area contributed by atoms with E-state index >= 15 is 4.39 Å². The molecule has 0 saturated carbocycles. The molecule has 146 valence electrons. The third kappa shape index (κ3) is 2.12. The Balaban J connectivity index is 1.59. The largest absolute Gasteiger partial charge is 0.453 e. The molecule has 0 bridgehead atoms. The number of nitrogens with zero attached hydrogens (tertiary/aromatic N) is 3.